The second-order valence-electron chi connectivity index (χ2n) is 5.45. The Bertz CT molecular complexity index is 269. The number of morpholine rings is 1. The average molecular weight is 255 g/mol. The maximum atomic E-state index is 11.7. The van der Waals surface area contributed by atoms with E-state index in [1.165, 1.54) is 0 Å². The van der Waals surface area contributed by atoms with Crippen molar-refractivity contribution in [2.24, 2.45) is 5.92 Å². The maximum absolute atomic E-state index is 11.7. The first kappa shape index (κ1) is 15.5. The molecule has 0 spiro atoms. The zero-order chi connectivity index (χ0) is 13.6. The van der Waals surface area contributed by atoms with Crippen LogP contribution < -0.4 is 5.32 Å². The minimum absolute atomic E-state index is 0.0294. The van der Waals surface area contributed by atoms with Crippen LogP contribution >= 0.6 is 0 Å². The molecule has 3 atom stereocenters. The molecule has 0 bridgehead atoms. The highest BCUT2D eigenvalue weighted by Crippen LogP contribution is 2.43. The molecular weight excluding hydrogens is 229 g/mol. The van der Waals surface area contributed by atoms with Crippen molar-refractivity contribution in [1.82, 2.24) is 5.32 Å². The second-order valence-corrected chi connectivity index (χ2v) is 5.45. The van der Waals surface area contributed by atoms with Gasteiger partial charge in [-0.15, -0.1) is 0 Å². The number of aliphatic carboxylic acids is 1. The Hall–Kier alpha value is -0.545. The number of unbranched alkanes of at least 4 members (excludes halogenated alkanes) is 1. The topological polar surface area (TPSA) is 58.6 Å². The van der Waals surface area contributed by atoms with Crippen molar-refractivity contribution in [2.45, 2.75) is 50.9 Å². The molecule has 5 heteroatoms. The van der Waals surface area contributed by atoms with Crippen LogP contribution in [0, 0.1) is 5.92 Å². The van der Waals surface area contributed by atoms with Crippen LogP contribution in [0.4, 0.5) is 0 Å². The number of ether oxygens (including phenoxy) is 1. The van der Waals surface area contributed by atoms with Gasteiger partial charge in [-0.25, -0.2) is 0 Å². The predicted octanol–water partition coefficient (Wildman–Crippen LogP) is 1.07. The second kappa shape index (κ2) is 7.14. The third-order valence-corrected chi connectivity index (χ3v) is 4.20. The van der Waals surface area contributed by atoms with Crippen molar-refractivity contribution in [3.63, 3.8) is 0 Å². The minimum Gasteiger partial charge on any atom is -0.481 e. The molecule has 0 aromatic rings. The molecule has 2 N–H and O–H groups in total. The Morgan fingerprint density at radius 1 is 1.61 bits per heavy atom. The van der Waals surface area contributed by atoms with Crippen LogP contribution in [0.25, 0.3) is 0 Å². The zero-order valence-electron chi connectivity index (χ0n) is 11.9. The van der Waals surface area contributed by atoms with Gasteiger partial charge in [0.05, 0.1) is 12.7 Å². The van der Waals surface area contributed by atoms with Gasteiger partial charge >= 0.3 is 5.97 Å². The fourth-order valence-electron chi connectivity index (χ4n) is 2.96. The summed E-state index contributed by atoms with van der Waals surface area (Å²) < 4.78 is 5.78. The average Bonchev–Trinajstić information content (AvgIpc) is 2.38. The summed E-state index contributed by atoms with van der Waals surface area (Å²) in [6, 6.07) is 0. The number of carboxylic acids is 1. The number of nitrogens with one attached hydrogen (secondary N) is 1. The third-order valence-electron chi connectivity index (χ3n) is 4.20. The van der Waals surface area contributed by atoms with E-state index in [9.17, 15) is 9.90 Å². The Labute approximate surface area is 111 Å². The molecule has 1 saturated heterocycles. The molecule has 1 aliphatic rings. The first-order chi connectivity index (χ1) is 8.56. The summed E-state index contributed by atoms with van der Waals surface area (Å²) in [6.45, 7) is 6.49. The van der Waals surface area contributed by atoms with Gasteiger partial charge in [0.15, 0.2) is 0 Å². The van der Waals surface area contributed by atoms with E-state index in [1.807, 2.05) is 7.85 Å². The van der Waals surface area contributed by atoms with Gasteiger partial charge in [0, 0.05) is 18.4 Å². The normalized spacial score (nSPS) is 25.3. The monoisotopic (exact) mass is 255 g/mol. The molecule has 0 aromatic carbocycles. The fourth-order valence-corrected chi connectivity index (χ4v) is 2.96. The molecule has 0 aromatic heterocycles. The highest BCUT2D eigenvalue weighted by molar-refractivity contribution is 6.27. The molecule has 1 rings (SSSR count). The summed E-state index contributed by atoms with van der Waals surface area (Å²) in [5, 5.41) is 12.2. The van der Waals surface area contributed by atoms with Gasteiger partial charge < -0.3 is 15.2 Å². The van der Waals surface area contributed by atoms with Gasteiger partial charge in [0.25, 0.3) is 0 Å². The van der Waals surface area contributed by atoms with E-state index in [4.69, 9.17) is 4.74 Å². The first-order valence-corrected chi connectivity index (χ1v) is 7.12. The Morgan fingerprint density at radius 2 is 2.33 bits per heavy atom. The number of carboxylic acid groups (broad SMARTS) is 1. The van der Waals surface area contributed by atoms with Crippen molar-refractivity contribution in [3.05, 3.63) is 0 Å². The number of hydrogen-bond donors (Lipinski definition) is 2. The molecule has 104 valence electrons. The van der Waals surface area contributed by atoms with Gasteiger partial charge in [-0.05, 0) is 12.3 Å². The van der Waals surface area contributed by atoms with E-state index in [0.717, 1.165) is 38.8 Å². The van der Waals surface area contributed by atoms with Crippen LogP contribution in [0.15, 0.2) is 0 Å². The van der Waals surface area contributed by atoms with Crippen molar-refractivity contribution in [3.8, 4) is 0 Å². The molecular formula is C13H26BNO3. The van der Waals surface area contributed by atoms with E-state index in [-0.39, 0.29) is 12.0 Å². The molecule has 0 aliphatic carbocycles. The molecule has 4 nitrogen and oxygen atoms in total. The van der Waals surface area contributed by atoms with Gasteiger partial charge in [-0.2, -0.15) is 0 Å². The largest absolute Gasteiger partial charge is 0.481 e. The van der Waals surface area contributed by atoms with E-state index >= 15 is 0 Å². The van der Waals surface area contributed by atoms with Crippen LogP contribution in [-0.2, 0) is 9.53 Å². The molecule has 18 heavy (non-hydrogen) atoms. The molecule has 1 aliphatic heterocycles. The Kier molecular flexibility index (Phi) is 6.16. The number of hydrogen-bond acceptors (Lipinski definition) is 3. The van der Waals surface area contributed by atoms with Gasteiger partial charge in [-0.1, -0.05) is 33.1 Å². The van der Waals surface area contributed by atoms with E-state index < -0.39 is 11.3 Å². The van der Waals surface area contributed by atoms with Crippen LogP contribution in [-0.4, -0.2) is 44.7 Å². The van der Waals surface area contributed by atoms with Crippen molar-refractivity contribution in [2.75, 3.05) is 19.7 Å². The highest BCUT2D eigenvalue weighted by Gasteiger charge is 2.44. The van der Waals surface area contributed by atoms with Crippen LogP contribution in [0.3, 0.4) is 0 Å². The first-order valence-electron chi connectivity index (χ1n) is 7.12. The lowest BCUT2D eigenvalue weighted by Gasteiger charge is -2.40. The lowest BCUT2D eigenvalue weighted by molar-refractivity contribution is -0.145. The molecule has 0 saturated carbocycles. The minimum atomic E-state index is -0.683. The SMILES string of the molecule is BC(CCCC)(C(=O)O)C(CC)C1CNCCO1. The van der Waals surface area contributed by atoms with Crippen LogP contribution in [0.5, 0.6) is 0 Å². The molecule has 1 heterocycles. The summed E-state index contributed by atoms with van der Waals surface area (Å²) in [5.41, 5.74) is 0. The molecule has 3 unspecified atom stereocenters. The van der Waals surface area contributed by atoms with Gasteiger partial charge in [-0.3, -0.25) is 4.79 Å². The molecule has 1 fully saturated rings. The summed E-state index contributed by atoms with van der Waals surface area (Å²) in [4.78, 5) is 11.7. The quantitative estimate of drug-likeness (QED) is 0.668. The number of rotatable bonds is 7. The molecule has 0 radical (unpaired) electrons. The standard InChI is InChI=1S/C13H26BNO3/c1-3-5-6-13(14,12(16)17)10(4-2)11-9-15-7-8-18-11/h10-11,15H,3-9,14H2,1-2H3,(H,16,17). The van der Waals surface area contributed by atoms with Crippen LogP contribution in [0.2, 0.25) is 5.31 Å². The van der Waals surface area contributed by atoms with E-state index in [0.29, 0.717) is 6.61 Å². The highest BCUT2D eigenvalue weighted by atomic mass is 16.5. The zero-order valence-corrected chi connectivity index (χ0v) is 11.9. The van der Waals surface area contributed by atoms with Gasteiger partial charge in [0.1, 0.15) is 7.85 Å². The molecule has 0 amide bonds. The summed E-state index contributed by atoms with van der Waals surface area (Å²) in [7, 11) is 1.89. The van der Waals surface area contributed by atoms with Crippen molar-refractivity contribution in [1.29, 1.82) is 0 Å². The summed E-state index contributed by atoms with van der Waals surface area (Å²) in [5.74, 6) is -0.605. The van der Waals surface area contributed by atoms with Crippen molar-refractivity contribution < 1.29 is 14.6 Å². The van der Waals surface area contributed by atoms with E-state index in [2.05, 4.69) is 19.2 Å². The summed E-state index contributed by atoms with van der Waals surface area (Å²) >= 11 is 0. The lowest BCUT2D eigenvalue weighted by Crippen LogP contribution is -2.48. The lowest BCUT2D eigenvalue weighted by atomic mass is 9.55. The number of carbonyl (C=O) groups is 1. The Balaban J connectivity index is 2.81. The summed E-state index contributed by atoms with van der Waals surface area (Å²) in [6.07, 6.45) is 3.60. The smallest absolute Gasteiger partial charge is 0.301 e. The van der Waals surface area contributed by atoms with E-state index in [1.54, 1.807) is 0 Å². The van der Waals surface area contributed by atoms with Gasteiger partial charge in [0.2, 0.25) is 0 Å². The third kappa shape index (κ3) is 3.48. The Morgan fingerprint density at radius 3 is 2.78 bits per heavy atom. The fraction of sp³-hybridized carbons (Fsp3) is 0.923. The van der Waals surface area contributed by atoms with Crippen molar-refractivity contribution >= 4 is 13.8 Å². The van der Waals surface area contributed by atoms with Crippen LogP contribution in [0.1, 0.15) is 39.5 Å². The predicted molar refractivity (Wildman–Crippen MR) is 74.8 cm³/mol. The maximum Gasteiger partial charge on any atom is 0.301 e.